The lowest BCUT2D eigenvalue weighted by Gasteiger charge is -2.08. The molecular weight excluding hydrogens is 202 g/mol. The minimum atomic E-state index is 0.208. The van der Waals surface area contributed by atoms with Gasteiger partial charge >= 0.3 is 0 Å². The Balaban J connectivity index is 2.05. The second-order valence-electron chi connectivity index (χ2n) is 3.79. The molecule has 1 rings (SSSR count). The second-order valence-corrected chi connectivity index (χ2v) is 3.79. The number of ether oxygens (including phenoxy) is 1. The molecule has 0 spiro atoms. The van der Waals surface area contributed by atoms with Gasteiger partial charge in [0.2, 0.25) is 0 Å². The quantitative estimate of drug-likeness (QED) is 0.660. The summed E-state index contributed by atoms with van der Waals surface area (Å²) in [7, 11) is 0. The summed E-state index contributed by atoms with van der Waals surface area (Å²) < 4.78 is 5.67. The van der Waals surface area contributed by atoms with Gasteiger partial charge in [-0.3, -0.25) is 0 Å². The monoisotopic (exact) mass is 223 g/mol. The van der Waals surface area contributed by atoms with E-state index < -0.39 is 0 Å². The highest BCUT2D eigenvalue weighted by molar-refractivity contribution is 5.31. The fourth-order valence-corrected chi connectivity index (χ4v) is 1.46. The van der Waals surface area contributed by atoms with E-state index in [0.29, 0.717) is 6.54 Å². The molecule has 0 saturated carbocycles. The van der Waals surface area contributed by atoms with Crippen LogP contribution in [0.15, 0.2) is 24.3 Å². The highest BCUT2D eigenvalue weighted by Crippen LogP contribution is 2.16. The molecule has 0 aliphatic carbocycles. The topological polar surface area (TPSA) is 41.5 Å². The van der Waals surface area contributed by atoms with Crippen LogP contribution in [0, 0.1) is 6.92 Å². The molecule has 0 heterocycles. The fourth-order valence-electron chi connectivity index (χ4n) is 1.46. The molecule has 90 valence electrons. The summed E-state index contributed by atoms with van der Waals surface area (Å²) in [6, 6.07) is 8.06. The fraction of sp³-hybridized carbons (Fsp3) is 0.538. The van der Waals surface area contributed by atoms with E-state index in [4.69, 9.17) is 9.84 Å². The molecule has 0 aliphatic rings. The molecule has 0 bridgehead atoms. The SMILES string of the molecule is Cc1ccccc1OCCCCNCCO. The van der Waals surface area contributed by atoms with Crippen molar-refractivity contribution in [3.8, 4) is 5.75 Å². The Morgan fingerprint density at radius 1 is 1.19 bits per heavy atom. The normalized spacial score (nSPS) is 10.4. The number of unbranched alkanes of at least 4 members (excludes halogenated alkanes) is 1. The van der Waals surface area contributed by atoms with Gasteiger partial charge in [0.25, 0.3) is 0 Å². The Morgan fingerprint density at radius 2 is 2.00 bits per heavy atom. The third kappa shape index (κ3) is 5.14. The molecule has 1 aromatic carbocycles. The van der Waals surface area contributed by atoms with E-state index in [0.717, 1.165) is 31.7 Å². The van der Waals surface area contributed by atoms with Crippen molar-refractivity contribution in [2.24, 2.45) is 0 Å². The number of para-hydroxylation sites is 1. The molecule has 0 radical (unpaired) electrons. The van der Waals surface area contributed by atoms with Gasteiger partial charge in [-0.05, 0) is 37.9 Å². The van der Waals surface area contributed by atoms with Crippen molar-refractivity contribution in [3.63, 3.8) is 0 Å². The number of rotatable bonds is 8. The molecule has 0 fully saturated rings. The van der Waals surface area contributed by atoms with Crippen LogP contribution in [0.5, 0.6) is 5.75 Å². The summed E-state index contributed by atoms with van der Waals surface area (Å²) in [5, 5.41) is 11.7. The van der Waals surface area contributed by atoms with Gasteiger partial charge < -0.3 is 15.2 Å². The van der Waals surface area contributed by atoms with E-state index in [1.54, 1.807) is 0 Å². The van der Waals surface area contributed by atoms with Gasteiger partial charge in [-0.2, -0.15) is 0 Å². The van der Waals surface area contributed by atoms with Crippen molar-refractivity contribution in [1.29, 1.82) is 0 Å². The second kappa shape index (κ2) is 8.13. The van der Waals surface area contributed by atoms with Gasteiger partial charge in [0.1, 0.15) is 5.75 Å². The Bertz CT molecular complexity index is 289. The number of benzene rings is 1. The zero-order valence-electron chi connectivity index (χ0n) is 9.91. The predicted octanol–water partition coefficient (Wildman–Crippen LogP) is 1.74. The third-order valence-corrected chi connectivity index (χ3v) is 2.39. The summed E-state index contributed by atoms with van der Waals surface area (Å²) in [6.07, 6.45) is 2.11. The van der Waals surface area contributed by atoms with Crippen LogP contribution < -0.4 is 10.1 Å². The molecule has 3 heteroatoms. The van der Waals surface area contributed by atoms with Gasteiger partial charge in [-0.25, -0.2) is 0 Å². The molecule has 0 aliphatic heterocycles. The zero-order valence-corrected chi connectivity index (χ0v) is 9.91. The minimum absolute atomic E-state index is 0.208. The van der Waals surface area contributed by atoms with E-state index in [2.05, 4.69) is 18.3 Å². The van der Waals surface area contributed by atoms with Crippen LogP contribution in [0.1, 0.15) is 18.4 Å². The molecule has 0 unspecified atom stereocenters. The van der Waals surface area contributed by atoms with Crippen LogP contribution >= 0.6 is 0 Å². The maximum Gasteiger partial charge on any atom is 0.122 e. The van der Waals surface area contributed by atoms with E-state index >= 15 is 0 Å². The number of aliphatic hydroxyl groups excluding tert-OH is 1. The highest BCUT2D eigenvalue weighted by Gasteiger charge is 1.96. The van der Waals surface area contributed by atoms with Crippen LogP contribution in [0.2, 0.25) is 0 Å². The van der Waals surface area contributed by atoms with Crippen molar-refractivity contribution < 1.29 is 9.84 Å². The molecule has 1 aromatic rings. The Kier molecular flexibility index (Phi) is 6.61. The summed E-state index contributed by atoms with van der Waals surface area (Å²) in [4.78, 5) is 0. The van der Waals surface area contributed by atoms with Crippen LogP contribution in [0.4, 0.5) is 0 Å². The van der Waals surface area contributed by atoms with E-state index in [1.807, 2.05) is 18.2 Å². The molecule has 0 saturated heterocycles. The van der Waals surface area contributed by atoms with E-state index in [-0.39, 0.29) is 6.61 Å². The van der Waals surface area contributed by atoms with Gasteiger partial charge in [0.15, 0.2) is 0 Å². The van der Waals surface area contributed by atoms with Gasteiger partial charge in [0, 0.05) is 6.54 Å². The van der Waals surface area contributed by atoms with Crippen LogP contribution in [-0.2, 0) is 0 Å². The Hall–Kier alpha value is -1.06. The lowest BCUT2D eigenvalue weighted by molar-refractivity contribution is 0.286. The van der Waals surface area contributed by atoms with Crippen molar-refractivity contribution in [3.05, 3.63) is 29.8 Å². The molecule has 3 nitrogen and oxygen atoms in total. The Labute approximate surface area is 97.4 Å². The average molecular weight is 223 g/mol. The summed E-state index contributed by atoms with van der Waals surface area (Å²) in [6.45, 7) is 4.64. The van der Waals surface area contributed by atoms with Crippen molar-refractivity contribution >= 4 is 0 Å². The van der Waals surface area contributed by atoms with Gasteiger partial charge in [-0.15, -0.1) is 0 Å². The molecule has 0 atom stereocenters. The number of aliphatic hydroxyl groups is 1. The van der Waals surface area contributed by atoms with E-state index in [1.165, 1.54) is 5.56 Å². The van der Waals surface area contributed by atoms with Gasteiger partial charge in [0.05, 0.1) is 13.2 Å². The standard InChI is InChI=1S/C13H21NO2/c1-12-6-2-3-7-13(12)16-11-5-4-8-14-9-10-15/h2-3,6-7,14-15H,4-5,8-11H2,1H3. The zero-order chi connectivity index (χ0) is 11.6. The number of nitrogens with one attached hydrogen (secondary N) is 1. The predicted molar refractivity (Wildman–Crippen MR) is 65.9 cm³/mol. The summed E-state index contributed by atoms with van der Waals surface area (Å²) in [5.41, 5.74) is 1.18. The van der Waals surface area contributed by atoms with E-state index in [9.17, 15) is 0 Å². The number of aryl methyl sites for hydroxylation is 1. The third-order valence-electron chi connectivity index (χ3n) is 2.39. The van der Waals surface area contributed by atoms with Crippen molar-refractivity contribution in [2.45, 2.75) is 19.8 Å². The highest BCUT2D eigenvalue weighted by atomic mass is 16.5. The molecular formula is C13H21NO2. The average Bonchev–Trinajstić information content (AvgIpc) is 2.30. The first-order valence-electron chi connectivity index (χ1n) is 5.84. The smallest absolute Gasteiger partial charge is 0.122 e. The molecule has 16 heavy (non-hydrogen) atoms. The van der Waals surface area contributed by atoms with Crippen LogP contribution in [-0.4, -0.2) is 31.4 Å². The lowest BCUT2D eigenvalue weighted by Crippen LogP contribution is -2.19. The van der Waals surface area contributed by atoms with Crippen LogP contribution in [0.25, 0.3) is 0 Å². The lowest BCUT2D eigenvalue weighted by atomic mass is 10.2. The maximum absolute atomic E-state index is 8.56. The summed E-state index contributed by atoms with van der Waals surface area (Å²) in [5.74, 6) is 0.978. The first kappa shape index (κ1) is 13.0. The first-order valence-corrected chi connectivity index (χ1v) is 5.84. The van der Waals surface area contributed by atoms with Crippen molar-refractivity contribution in [1.82, 2.24) is 5.32 Å². The van der Waals surface area contributed by atoms with Crippen LogP contribution in [0.3, 0.4) is 0 Å². The number of hydrogen-bond acceptors (Lipinski definition) is 3. The maximum atomic E-state index is 8.56. The largest absolute Gasteiger partial charge is 0.493 e. The summed E-state index contributed by atoms with van der Waals surface area (Å²) >= 11 is 0. The molecule has 2 N–H and O–H groups in total. The molecule has 0 aromatic heterocycles. The Morgan fingerprint density at radius 3 is 2.75 bits per heavy atom. The van der Waals surface area contributed by atoms with Crippen molar-refractivity contribution in [2.75, 3.05) is 26.3 Å². The molecule has 0 amide bonds. The number of hydrogen-bond donors (Lipinski definition) is 2. The first-order chi connectivity index (χ1) is 7.84. The minimum Gasteiger partial charge on any atom is -0.493 e. The van der Waals surface area contributed by atoms with Gasteiger partial charge in [-0.1, -0.05) is 18.2 Å².